The predicted octanol–water partition coefficient (Wildman–Crippen LogP) is 2.06. The lowest BCUT2D eigenvalue weighted by molar-refractivity contribution is 0.322. The fourth-order valence-corrected chi connectivity index (χ4v) is 2.54. The standard InChI is InChI=1S/C13H16N4S/c1-17(9-11-3-2-6-18-11)8-10-4-5-16-12(7-10)13(14)15/h2-7H,8-9H2,1H3,(H3,14,15). The minimum atomic E-state index is 0.0118. The third-order valence-electron chi connectivity index (χ3n) is 2.56. The van der Waals surface area contributed by atoms with Crippen LogP contribution in [0.5, 0.6) is 0 Å². The Labute approximate surface area is 111 Å². The lowest BCUT2D eigenvalue weighted by atomic mass is 10.2. The number of aromatic nitrogens is 1. The van der Waals surface area contributed by atoms with Gasteiger partial charge in [0.2, 0.25) is 0 Å². The van der Waals surface area contributed by atoms with Crippen molar-refractivity contribution in [1.29, 1.82) is 5.41 Å². The average molecular weight is 260 g/mol. The Balaban J connectivity index is 2.00. The maximum absolute atomic E-state index is 7.38. The van der Waals surface area contributed by atoms with E-state index in [1.807, 2.05) is 12.1 Å². The SMILES string of the molecule is CN(Cc1ccnc(C(=N)N)c1)Cc1cccs1. The van der Waals surface area contributed by atoms with Crippen molar-refractivity contribution < 1.29 is 0 Å². The molecule has 2 heterocycles. The summed E-state index contributed by atoms with van der Waals surface area (Å²) >= 11 is 1.76. The Morgan fingerprint density at radius 3 is 2.94 bits per heavy atom. The minimum absolute atomic E-state index is 0.0118. The summed E-state index contributed by atoms with van der Waals surface area (Å²) in [5.41, 5.74) is 7.09. The molecule has 0 aromatic carbocycles. The first-order chi connectivity index (χ1) is 8.65. The Kier molecular flexibility index (Phi) is 4.07. The van der Waals surface area contributed by atoms with E-state index in [1.165, 1.54) is 4.88 Å². The molecule has 0 radical (unpaired) electrons. The van der Waals surface area contributed by atoms with Crippen molar-refractivity contribution >= 4 is 17.2 Å². The maximum Gasteiger partial charge on any atom is 0.141 e. The molecule has 0 fully saturated rings. The third kappa shape index (κ3) is 3.38. The number of nitrogens with two attached hydrogens (primary N) is 1. The highest BCUT2D eigenvalue weighted by Crippen LogP contribution is 2.13. The minimum Gasteiger partial charge on any atom is -0.382 e. The smallest absolute Gasteiger partial charge is 0.141 e. The lowest BCUT2D eigenvalue weighted by Crippen LogP contribution is -2.18. The maximum atomic E-state index is 7.38. The Morgan fingerprint density at radius 2 is 2.28 bits per heavy atom. The zero-order valence-electron chi connectivity index (χ0n) is 10.3. The number of nitrogens with one attached hydrogen (secondary N) is 1. The fraction of sp³-hybridized carbons (Fsp3) is 0.231. The van der Waals surface area contributed by atoms with Gasteiger partial charge in [0.1, 0.15) is 11.5 Å². The fourth-order valence-electron chi connectivity index (χ4n) is 1.76. The second kappa shape index (κ2) is 5.75. The van der Waals surface area contributed by atoms with Gasteiger partial charge in [0, 0.05) is 24.2 Å². The molecule has 5 heteroatoms. The molecule has 2 aromatic heterocycles. The highest BCUT2D eigenvalue weighted by molar-refractivity contribution is 7.09. The van der Waals surface area contributed by atoms with Gasteiger partial charge in [-0.2, -0.15) is 0 Å². The first kappa shape index (κ1) is 12.7. The summed E-state index contributed by atoms with van der Waals surface area (Å²) in [6.45, 7) is 1.75. The molecule has 3 N–H and O–H groups in total. The molecular formula is C13H16N4S. The van der Waals surface area contributed by atoms with Crippen molar-refractivity contribution in [2.24, 2.45) is 5.73 Å². The summed E-state index contributed by atoms with van der Waals surface area (Å²) in [6.07, 6.45) is 1.70. The van der Waals surface area contributed by atoms with Crippen LogP contribution in [0.2, 0.25) is 0 Å². The second-order valence-corrected chi connectivity index (χ2v) is 5.25. The van der Waals surface area contributed by atoms with Crippen molar-refractivity contribution in [2.45, 2.75) is 13.1 Å². The van der Waals surface area contributed by atoms with Crippen molar-refractivity contribution in [3.05, 3.63) is 52.0 Å². The Hall–Kier alpha value is -1.72. The third-order valence-corrected chi connectivity index (χ3v) is 3.42. The van der Waals surface area contributed by atoms with Gasteiger partial charge in [-0.1, -0.05) is 6.07 Å². The number of pyridine rings is 1. The monoisotopic (exact) mass is 260 g/mol. The highest BCUT2D eigenvalue weighted by Gasteiger charge is 2.05. The van der Waals surface area contributed by atoms with Crippen LogP contribution in [0.1, 0.15) is 16.1 Å². The van der Waals surface area contributed by atoms with Crippen molar-refractivity contribution in [1.82, 2.24) is 9.88 Å². The van der Waals surface area contributed by atoms with E-state index in [1.54, 1.807) is 17.5 Å². The molecule has 0 aliphatic heterocycles. The molecule has 0 saturated heterocycles. The van der Waals surface area contributed by atoms with Crippen molar-refractivity contribution in [2.75, 3.05) is 7.05 Å². The van der Waals surface area contributed by atoms with Crippen molar-refractivity contribution in [3.63, 3.8) is 0 Å². The number of thiophene rings is 1. The zero-order chi connectivity index (χ0) is 13.0. The van der Waals surface area contributed by atoms with E-state index < -0.39 is 0 Å². The van der Waals surface area contributed by atoms with Crippen LogP contribution in [0.15, 0.2) is 35.8 Å². The second-order valence-electron chi connectivity index (χ2n) is 4.21. The normalized spacial score (nSPS) is 10.8. The van der Waals surface area contributed by atoms with Gasteiger partial charge < -0.3 is 5.73 Å². The first-order valence-electron chi connectivity index (χ1n) is 5.65. The van der Waals surface area contributed by atoms with Crippen LogP contribution in [0.25, 0.3) is 0 Å². The van der Waals surface area contributed by atoms with Gasteiger partial charge in [-0.05, 0) is 36.2 Å². The number of hydrogen-bond donors (Lipinski definition) is 2. The molecule has 0 amide bonds. The highest BCUT2D eigenvalue weighted by atomic mass is 32.1. The van der Waals surface area contributed by atoms with Crippen LogP contribution in [0.3, 0.4) is 0 Å². The predicted molar refractivity (Wildman–Crippen MR) is 74.7 cm³/mol. The topological polar surface area (TPSA) is 66.0 Å². The van der Waals surface area contributed by atoms with Gasteiger partial charge >= 0.3 is 0 Å². The zero-order valence-corrected chi connectivity index (χ0v) is 11.1. The summed E-state index contributed by atoms with van der Waals surface area (Å²) in [4.78, 5) is 7.63. The van der Waals surface area contributed by atoms with E-state index in [4.69, 9.17) is 11.1 Å². The largest absolute Gasteiger partial charge is 0.382 e. The summed E-state index contributed by atoms with van der Waals surface area (Å²) in [7, 11) is 2.08. The van der Waals surface area contributed by atoms with Crippen LogP contribution >= 0.6 is 11.3 Å². The van der Waals surface area contributed by atoms with Gasteiger partial charge in [-0.3, -0.25) is 15.3 Å². The average Bonchev–Trinajstić information content (AvgIpc) is 2.82. The number of hydrogen-bond acceptors (Lipinski definition) is 4. The molecule has 0 atom stereocenters. The molecule has 0 unspecified atom stereocenters. The van der Waals surface area contributed by atoms with Crippen LogP contribution in [0, 0.1) is 5.41 Å². The molecule has 0 spiro atoms. The number of nitrogens with zero attached hydrogens (tertiary/aromatic N) is 2. The van der Waals surface area contributed by atoms with Crippen LogP contribution < -0.4 is 5.73 Å². The van der Waals surface area contributed by atoms with E-state index >= 15 is 0 Å². The van der Waals surface area contributed by atoms with Gasteiger partial charge in [-0.15, -0.1) is 11.3 Å². The van der Waals surface area contributed by atoms with E-state index in [2.05, 4.69) is 34.4 Å². The van der Waals surface area contributed by atoms with Gasteiger partial charge in [0.15, 0.2) is 0 Å². The molecule has 2 aromatic rings. The van der Waals surface area contributed by atoms with Gasteiger partial charge in [0.25, 0.3) is 0 Å². The summed E-state index contributed by atoms with van der Waals surface area (Å²) in [5, 5.41) is 9.46. The van der Waals surface area contributed by atoms with E-state index in [0.717, 1.165) is 18.7 Å². The molecule has 94 valence electrons. The first-order valence-corrected chi connectivity index (χ1v) is 6.53. The van der Waals surface area contributed by atoms with E-state index in [0.29, 0.717) is 5.69 Å². The Bertz CT molecular complexity index is 522. The molecule has 0 saturated carbocycles. The molecular weight excluding hydrogens is 244 g/mol. The molecule has 4 nitrogen and oxygen atoms in total. The number of rotatable bonds is 5. The van der Waals surface area contributed by atoms with Crippen LogP contribution in [-0.2, 0) is 13.1 Å². The van der Waals surface area contributed by atoms with E-state index in [9.17, 15) is 0 Å². The summed E-state index contributed by atoms with van der Waals surface area (Å²) in [6, 6.07) is 8.02. The number of amidine groups is 1. The van der Waals surface area contributed by atoms with Gasteiger partial charge in [0.05, 0.1) is 0 Å². The summed E-state index contributed by atoms with van der Waals surface area (Å²) < 4.78 is 0. The number of nitrogen functional groups attached to an aromatic ring is 1. The molecule has 0 aliphatic rings. The van der Waals surface area contributed by atoms with Gasteiger partial charge in [-0.25, -0.2) is 0 Å². The molecule has 2 rings (SSSR count). The molecule has 0 bridgehead atoms. The van der Waals surface area contributed by atoms with E-state index in [-0.39, 0.29) is 5.84 Å². The quantitative estimate of drug-likeness (QED) is 0.639. The van der Waals surface area contributed by atoms with Crippen LogP contribution in [-0.4, -0.2) is 22.8 Å². The Morgan fingerprint density at radius 1 is 1.44 bits per heavy atom. The molecule has 0 aliphatic carbocycles. The lowest BCUT2D eigenvalue weighted by Gasteiger charge is -2.15. The summed E-state index contributed by atoms with van der Waals surface area (Å²) in [5.74, 6) is 0.0118. The van der Waals surface area contributed by atoms with Crippen molar-refractivity contribution in [3.8, 4) is 0 Å². The molecule has 18 heavy (non-hydrogen) atoms. The van der Waals surface area contributed by atoms with Crippen LogP contribution in [0.4, 0.5) is 0 Å².